The molecule has 32 heavy (non-hydrogen) atoms. The smallest absolute Gasteiger partial charge is 0.253 e. The number of anilines is 1. The number of aromatic nitrogens is 2. The van der Waals surface area contributed by atoms with Crippen molar-refractivity contribution in [3.63, 3.8) is 0 Å². The lowest BCUT2D eigenvalue weighted by molar-refractivity contribution is 0.0786. The van der Waals surface area contributed by atoms with Gasteiger partial charge in [-0.25, -0.2) is 4.98 Å². The molecule has 0 atom stereocenters. The van der Waals surface area contributed by atoms with Crippen LogP contribution < -0.4 is 5.32 Å². The molecule has 0 fully saturated rings. The summed E-state index contributed by atoms with van der Waals surface area (Å²) >= 11 is 1.63. The van der Waals surface area contributed by atoms with E-state index in [1.54, 1.807) is 28.6 Å². The Hall–Kier alpha value is -3.29. The molecule has 1 N–H and O–H groups in total. The molecule has 4 rings (SSSR count). The molecule has 6 nitrogen and oxygen atoms in total. The van der Waals surface area contributed by atoms with Crippen LogP contribution in [0.15, 0.2) is 67.0 Å². The Labute approximate surface area is 192 Å². The quantitative estimate of drug-likeness (QED) is 0.429. The maximum Gasteiger partial charge on any atom is 0.253 e. The van der Waals surface area contributed by atoms with Crippen LogP contribution in [0.1, 0.15) is 15.9 Å². The first-order valence-electron chi connectivity index (χ1n) is 10.5. The van der Waals surface area contributed by atoms with Gasteiger partial charge >= 0.3 is 0 Å². The average molecular weight is 446 g/mol. The molecule has 0 spiro atoms. The number of carbonyl (C=O) groups is 1. The minimum absolute atomic E-state index is 0.0392. The van der Waals surface area contributed by atoms with Gasteiger partial charge in [0.2, 0.25) is 0 Å². The molecule has 4 aromatic rings. The Balaban J connectivity index is 1.43. The minimum atomic E-state index is 0.0392. The van der Waals surface area contributed by atoms with Crippen molar-refractivity contribution in [2.45, 2.75) is 6.54 Å². The topological polar surface area (TPSA) is 61.4 Å². The van der Waals surface area contributed by atoms with Gasteiger partial charge in [0, 0.05) is 44.6 Å². The average Bonchev–Trinajstić information content (AvgIpc) is 3.23. The zero-order chi connectivity index (χ0) is 22.5. The van der Waals surface area contributed by atoms with E-state index in [1.165, 1.54) is 0 Å². The van der Waals surface area contributed by atoms with Crippen LogP contribution in [-0.4, -0.2) is 59.9 Å². The largest absolute Gasteiger partial charge is 0.357 e. The van der Waals surface area contributed by atoms with Crippen LogP contribution in [0.5, 0.6) is 0 Å². The lowest BCUT2D eigenvalue weighted by Gasteiger charge is -2.20. The van der Waals surface area contributed by atoms with E-state index in [9.17, 15) is 4.79 Å². The van der Waals surface area contributed by atoms with Crippen molar-refractivity contribution < 1.29 is 4.79 Å². The molecule has 1 amide bonds. The molecule has 2 aromatic heterocycles. The Kier molecular flexibility index (Phi) is 6.78. The van der Waals surface area contributed by atoms with Crippen LogP contribution in [-0.2, 0) is 6.54 Å². The second kappa shape index (κ2) is 9.89. The minimum Gasteiger partial charge on any atom is -0.357 e. The molecule has 2 aromatic carbocycles. The van der Waals surface area contributed by atoms with Gasteiger partial charge in [-0.3, -0.25) is 9.78 Å². The standard InChI is InChI=1S/C25H27N5OS/c1-29(2)13-14-30(3)24(31)21-6-4-5-18(15-21)17-27-25-28-22-8-7-20(16-23(22)32-25)19-9-11-26-12-10-19/h4-12,15-16H,13-14,17H2,1-3H3,(H,27,28). The summed E-state index contributed by atoms with van der Waals surface area (Å²) in [5.41, 5.74) is 5.02. The van der Waals surface area contributed by atoms with Crippen molar-refractivity contribution in [3.8, 4) is 11.1 Å². The number of amides is 1. The fourth-order valence-corrected chi connectivity index (χ4v) is 4.29. The molecule has 0 unspecified atom stereocenters. The predicted molar refractivity (Wildman–Crippen MR) is 132 cm³/mol. The molecule has 0 aliphatic heterocycles. The maximum atomic E-state index is 12.7. The van der Waals surface area contributed by atoms with Crippen molar-refractivity contribution in [2.24, 2.45) is 0 Å². The van der Waals surface area contributed by atoms with Gasteiger partial charge in [0.25, 0.3) is 5.91 Å². The number of pyridine rings is 1. The second-order valence-corrected chi connectivity index (χ2v) is 9.05. The highest BCUT2D eigenvalue weighted by molar-refractivity contribution is 7.22. The van der Waals surface area contributed by atoms with Crippen LogP contribution in [0.4, 0.5) is 5.13 Å². The number of benzene rings is 2. The fraction of sp³-hybridized carbons (Fsp3) is 0.240. The van der Waals surface area contributed by atoms with E-state index in [1.807, 2.05) is 57.5 Å². The summed E-state index contributed by atoms with van der Waals surface area (Å²) in [4.78, 5) is 25.4. The summed E-state index contributed by atoms with van der Waals surface area (Å²) in [5.74, 6) is 0.0392. The Morgan fingerprint density at radius 1 is 0.969 bits per heavy atom. The van der Waals surface area contributed by atoms with Gasteiger partial charge in [-0.2, -0.15) is 0 Å². The third kappa shape index (κ3) is 5.30. The molecular formula is C25H27N5OS. The van der Waals surface area contributed by atoms with E-state index < -0.39 is 0 Å². The van der Waals surface area contributed by atoms with Gasteiger partial charge in [-0.1, -0.05) is 29.5 Å². The zero-order valence-electron chi connectivity index (χ0n) is 18.6. The maximum absolute atomic E-state index is 12.7. The molecule has 0 bridgehead atoms. The number of hydrogen-bond donors (Lipinski definition) is 1. The van der Waals surface area contributed by atoms with Crippen molar-refractivity contribution in [2.75, 3.05) is 39.5 Å². The number of hydrogen-bond acceptors (Lipinski definition) is 6. The van der Waals surface area contributed by atoms with E-state index in [0.717, 1.165) is 38.6 Å². The predicted octanol–water partition coefficient (Wildman–Crippen LogP) is 4.60. The molecule has 7 heteroatoms. The Morgan fingerprint density at radius 3 is 2.56 bits per heavy atom. The van der Waals surface area contributed by atoms with Crippen LogP contribution in [0.3, 0.4) is 0 Å². The lowest BCUT2D eigenvalue weighted by Crippen LogP contribution is -2.33. The second-order valence-electron chi connectivity index (χ2n) is 8.02. The van der Waals surface area contributed by atoms with Crippen molar-refractivity contribution in [3.05, 3.63) is 78.1 Å². The highest BCUT2D eigenvalue weighted by Crippen LogP contribution is 2.30. The molecule has 0 saturated carbocycles. The number of likely N-dealkylation sites (N-methyl/N-ethyl adjacent to an activating group) is 2. The van der Waals surface area contributed by atoms with Gasteiger partial charge in [0.15, 0.2) is 5.13 Å². The summed E-state index contributed by atoms with van der Waals surface area (Å²) in [6.07, 6.45) is 3.61. The van der Waals surface area contributed by atoms with E-state index in [-0.39, 0.29) is 5.91 Å². The molecule has 0 aliphatic carbocycles. The van der Waals surface area contributed by atoms with Gasteiger partial charge in [0.05, 0.1) is 10.2 Å². The van der Waals surface area contributed by atoms with Gasteiger partial charge in [0.1, 0.15) is 0 Å². The Bertz CT molecular complexity index is 1210. The molecule has 0 aliphatic rings. The van der Waals surface area contributed by atoms with Crippen LogP contribution in [0, 0.1) is 0 Å². The number of fused-ring (bicyclic) bond motifs is 1. The lowest BCUT2D eigenvalue weighted by atomic mass is 10.1. The third-order valence-corrected chi connectivity index (χ3v) is 6.22. The first-order chi connectivity index (χ1) is 15.5. The zero-order valence-corrected chi connectivity index (χ0v) is 19.4. The SMILES string of the molecule is CN(C)CCN(C)C(=O)c1cccc(CNc2nc3ccc(-c4ccncc4)cc3s2)c1. The fourth-order valence-electron chi connectivity index (χ4n) is 3.39. The van der Waals surface area contributed by atoms with Crippen molar-refractivity contribution in [1.82, 2.24) is 19.8 Å². The number of carbonyl (C=O) groups excluding carboxylic acids is 1. The Morgan fingerprint density at radius 2 is 1.78 bits per heavy atom. The highest BCUT2D eigenvalue weighted by Gasteiger charge is 2.12. The first kappa shape index (κ1) is 21.9. The molecule has 2 heterocycles. The van der Waals surface area contributed by atoms with E-state index in [0.29, 0.717) is 18.7 Å². The van der Waals surface area contributed by atoms with Gasteiger partial charge in [-0.05, 0) is 67.2 Å². The first-order valence-corrected chi connectivity index (χ1v) is 11.4. The molecular weight excluding hydrogens is 418 g/mol. The van der Waals surface area contributed by atoms with Crippen LogP contribution in [0.25, 0.3) is 21.3 Å². The van der Waals surface area contributed by atoms with E-state index >= 15 is 0 Å². The number of thiazole rings is 1. The summed E-state index contributed by atoms with van der Waals surface area (Å²) in [6.45, 7) is 2.14. The van der Waals surface area contributed by atoms with Crippen LogP contribution in [0.2, 0.25) is 0 Å². The number of nitrogens with zero attached hydrogens (tertiary/aromatic N) is 4. The van der Waals surface area contributed by atoms with Crippen molar-refractivity contribution >= 4 is 32.6 Å². The summed E-state index contributed by atoms with van der Waals surface area (Å²) in [7, 11) is 5.86. The molecule has 0 radical (unpaired) electrons. The van der Waals surface area contributed by atoms with Crippen molar-refractivity contribution in [1.29, 1.82) is 0 Å². The molecule has 0 saturated heterocycles. The van der Waals surface area contributed by atoms with E-state index in [4.69, 9.17) is 4.98 Å². The summed E-state index contributed by atoms with van der Waals surface area (Å²) < 4.78 is 1.13. The number of rotatable bonds is 8. The van der Waals surface area contributed by atoms with Crippen LogP contribution >= 0.6 is 11.3 Å². The molecule has 164 valence electrons. The number of nitrogens with one attached hydrogen (secondary N) is 1. The highest BCUT2D eigenvalue weighted by atomic mass is 32.1. The van der Waals surface area contributed by atoms with Gasteiger partial charge < -0.3 is 15.1 Å². The van der Waals surface area contributed by atoms with E-state index in [2.05, 4.69) is 33.4 Å². The van der Waals surface area contributed by atoms with Gasteiger partial charge in [-0.15, -0.1) is 0 Å². The summed E-state index contributed by atoms with van der Waals surface area (Å²) in [6, 6.07) is 18.1. The third-order valence-electron chi connectivity index (χ3n) is 5.25. The monoisotopic (exact) mass is 445 g/mol. The summed E-state index contributed by atoms with van der Waals surface area (Å²) in [5, 5.41) is 4.28. The normalized spacial score (nSPS) is 11.1.